The van der Waals surface area contributed by atoms with E-state index in [9.17, 15) is 0 Å². The summed E-state index contributed by atoms with van der Waals surface area (Å²) in [6, 6.07) is 22.2. The van der Waals surface area contributed by atoms with Crippen molar-refractivity contribution in [2.24, 2.45) is 0 Å². The molecule has 3 rings (SSSR count). The van der Waals surface area contributed by atoms with Crippen LogP contribution in [-0.2, 0) is 10.0 Å². The van der Waals surface area contributed by atoms with E-state index in [4.69, 9.17) is 4.43 Å². The molecule has 1 saturated heterocycles. The van der Waals surface area contributed by atoms with Crippen LogP contribution in [0.1, 0.15) is 65.5 Å². The van der Waals surface area contributed by atoms with Gasteiger partial charge in [0.1, 0.15) is 5.60 Å². The van der Waals surface area contributed by atoms with Gasteiger partial charge in [-0.15, -0.1) is 0 Å². The van der Waals surface area contributed by atoms with Crippen LogP contribution in [0.4, 0.5) is 0 Å². The van der Waals surface area contributed by atoms with E-state index >= 15 is 0 Å². The molecule has 2 aromatic rings. The predicted molar refractivity (Wildman–Crippen MR) is 127 cm³/mol. The zero-order chi connectivity index (χ0) is 21.1. The van der Waals surface area contributed by atoms with E-state index in [1.165, 1.54) is 17.5 Å². The Kier molecular flexibility index (Phi) is 7.03. The summed E-state index contributed by atoms with van der Waals surface area (Å²) in [6.45, 7) is 15.4. The van der Waals surface area contributed by atoms with Crippen LogP contribution in [0.3, 0.4) is 0 Å². The third kappa shape index (κ3) is 3.97. The maximum Gasteiger partial charge on any atom is 0.202 e. The third-order valence-corrected chi connectivity index (χ3v) is 13.1. The Hall–Kier alpha value is -1.42. The fraction of sp³-hybridized carbons (Fsp3) is 0.538. The number of hydrogen-bond acceptors (Lipinski definition) is 2. The highest BCUT2D eigenvalue weighted by Gasteiger charge is 2.54. The molecule has 1 aliphatic heterocycles. The molecule has 1 atom stereocenters. The van der Waals surface area contributed by atoms with Gasteiger partial charge in [-0.25, -0.2) is 0 Å². The molecule has 1 unspecified atom stereocenters. The molecule has 0 bridgehead atoms. The minimum atomic E-state index is -2.14. The van der Waals surface area contributed by atoms with Gasteiger partial charge in [-0.3, -0.25) is 0 Å². The van der Waals surface area contributed by atoms with Gasteiger partial charge in [0.25, 0.3) is 0 Å². The van der Waals surface area contributed by atoms with Crippen LogP contribution in [-0.4, -0.2) is 20.9 Å². The largest absolute Gasteiger partial charge is 0.401 e. The standard InChI is InChI=1S/C26H39NOSi/c1-20(2)29(21(3)4,22(5)6)28-26(25-18-13-19-27-25,23-14-9-7-10-15-23)24-16-11-8-12-17-24/h7-12,14-17,20-22,25,27H,13,18-19H2,1-6H3. The van der Waals surface area contributed by atoms with Crippen LogP contribution in [0, 0.1) is 0 Å². The van der Waals surface area contributed by atoms with Crippen LogP contribution in [0.2, 0.25) is 16.6 Å². The van der Waals surface area contributed by atoms with Gasteiger partial charge in [-0.1, -0.05) is 102 Å². The van der Waals surface area contributed by atoms with E-state index in [1.807, 2.05) is 0 Å². The van der Waals surface area contributed by atoms with Gasteiger partial charge in [0, 0.05) is 6.04 Å². The van der Waals surface area contributed by atoms with Crippen LogP contribution in [0.25, 0.3) is 0 Å². The van der Waals surface area contributed by atoms with E-state index in [2.05, 4.69) is 108 Å². The molecule has 2 aromatic carbocycles. The molecule has 0 spiro atoms. The highest BCUT2D eigenvalue weighted by atomic mass is 28.4. The Labute approximate surface area is 179 Å². The summed E-state index contributed by atoms with van der Waals surface area (Å²) in [5.41, 5.74) is 3.72. The topological polar surface area (TPSA) is 21.3 Å². The lowest BCUT2D eigenvalue weighted by molar-refractivity contribution is 0.0515. The van der Waals surface area contributed by atoms with Crippen molar-refractivity contribution in [2.75, 3.05) is 6.54 Å². The lowest BCUT2D eigenvalue weighted by atomic mass is 9.79. The molecule has 158 valence electrons. The molecule has 0 radical (unpaired) electrons. The highest BCUT2D eigenvalue weighted by molar-refractivity contribution is 6.77. The first kappa shape index (κ1) is 22.3. The molecule has 2 nitrogen and oxygen atoms in total. The van der Waals surface area contributed by atoms with Gasteiger partial charge >= 0.3 is 0 Å². The Morgan fingerprint density at radius 3 is 1.59 bits per heavy atom. The third-order valence-electron chi connectivity index (χ3n) is 7.00. The van der Waals surface area contributed by atoms with Crippen molar-refractivity contribution >= 4 is 8.32 Å². The second-order valence-corrected chi connectivity index (χ2v) is 14.9. The lowest BCUT2D eigenvalue weighted by Gasteiger charge is -2.52. The molecule has 1 N–H and O–H groups in total. The van der Waals surface area contributed by atoms with Crippen LogP contribution >= 0.6 is 0 Å². The number of rotatable bonds is 8. The molecule has 0 aromatic heterocycles. The molecule has 29 heavy (non-hydrogen) atoms. The zero-order valence-electron chi connectivity index (χ0n) is 19.1. The fourth-order valence-corrected chi connectivity index (χ4v) is 11.4. The van der Waals surface area contributed by atoms with Crippen molar-refractivity contribution in [2.45, 2.75) is 82.7 Å². The Morgan fingerprint density at radius 1 is 0.793 bits per heavy atom. The maximum absolute atomic E-state index is 7.74. The zero-order valence-corrected chi connectivity index (χ0v) is 20.1. The summed E-state index contributed by atoms with van der Waals surface area (Å²) in [5, 5.41) is 3.83. The first-order valence-corrected chi connectivity index (χ1v) is 13.5. The van der Waals surface area contributed by atoms with Crippen molar-refractivity contribution in [1.29, 1.82) is 0 Å². The molecule has 1 fully saturated rings. The minimum Gasteiger partial charge on any atom is -0.401 e. The molecule has 3 heteroatoms. The molecular formula is C26H39NOSi. The fourth-order valence-electron chi connectivity index (χ4n) is 5.79. The summed E-state index contributed by atoms with van der Waals surface area (Å²) in [5.74, 6) is 0. The van der Waals surface area contributed by atoms with Crippen molar-refractivity contribution in [3.8, 4) is 0 Å². The molecule has 1 aliphatic rings. The Morgan fingerprint density at radius 2 is 1.24 bits per heavy atom. The first-order chi connectivity index (χ1) is 13.9. The molecule has 0 saturated carbocycles. The average molecular weight is 410 g/mol. The monoisotopic (exact) mass is 409 g/mol. The number of hydrogen-bond donors (Lipinski definition) is 1. The van der Waals surface area contributed by atoms with Gasteiger partial charge in [0.2, 0.25) is 8.32 Å². The smallest absolute Gasteiger partial charge is 0.202 e. The van der Waals surface area contributed by atoms with Crippen molar-refractivity contribution in [3.05, 3.63) is 71.8 Å². The van der Waals surface area contributed by atoms with E-state index in [1.54, 1.807) is 0 Å². The van der Waals surface area contributed by atoms with Crippen molar-refractivity contribution in [1.82, 2.24) is 5.32 Å². The SMILES string of the molecule is CC(C)[Si](OC(c1ccccc1)(c1ccccc1)C1CCCN1)(C(C)C)C(C)C. The summed E-state index contributed by atoms with van der Waals surface area (Å²) < 4.78 is 7.74. The normalized spacial score (nSPS) is 18.2. The molecular weight excluding hydrogens is 370 g/mol. The van der Waals surface area contributed by atoms with Crippen LogP contribution in [0.5, 0.6) is 0 Å². The minimum absolute atomic E-state index is 0.287. The van der Waals surface area contributed by atoms with E-state index in [-0.39, 0.29) is 6.04 Å². The molecule has 0 amide bonds. The average Bonchev–Trinajstić information content (AvgIpc) is 3.25. The van der Waals surface area contributed by atoms with Gasteiger partial charge in [-0.2, -0.15) is 0 Å². The van der Waals surface area contributed by atoms with E-state index in [0.717, 1.165) is 13.0 Å². The second kappa shape index (κ2) is 9.16. The van der Waals surface area contributed by atoms with Crippen LogP contribution in [0.15, 0.2) is 60.7 Å². The van der Waals surface area contributed by atoms with Crippen molar-refractivity contribution < 1.29 is 4.43 Å². The molecule has 1 heterocycles. The summed E-state index contributed by atoms with van der Waals surface area (Å²) >= 11 is 0. The maximum atomic E-state index is 7.74. The second-order valence-electron chi connectivity index (χ2n) is 9.54. The van der Waals surface area contributed by atoms with E-state index < -0.39 is 13.9 Å². The first-order valence-electron chi connectivity index (χ1n) is 11.4. The summed E-state index contributed by atoms with van der Waals surface area (Å²) in [7, 11) is -2.14. The Balaban J connectivity index is 2.29. The Bertz CT molecular complexity index is 690. The van der Waals surface area contributed by atoms with Gasteiger partial charge in [0.05, 0.1) is 0 Å². The van der Waals surface area contributed by atoms with Crippen LogP contribution < -0.4 is 5.32 Å². The predicted octanol–water partition coefficient (Wildman–Crippen LogP) is 6.87. The summed E-state index contributed by atoms with van der Waals surface area (Å²) in [6.07, 6.45) is 2.34. The van der Waals surface area contributed by atoms with Crippen molar-refractivity contribution in [3.63, 3.8) is 0 Å². The highest BCUT2D eigenvalue weighted by Crippen LogP contribution is 2.51. The van der Waals surface area contributed by atoms with Gasteiger partial charge < -0.3 is 9.74 Å². The van der Waals surface area contributed by atoms with Gasteiger partial charge in [0.15, 0.2) is 0 Å². The van der Waals surface area contributed by atoms with Gasteiger partial charge in [-0.05, 0) is 47.1 Å². The number of nitrogens with one attached hydrogen (secondary N) is 1. The molecule has 0 aliphatic carbocycles. The quantitative estimate of drug-likeness (QED) is 0.480. The summed E-state index contributed by atoms with van der Waals surface area (Å²) in [4.78, 5) is 0. The number of benzene rings is 2. The lowest BCUT2D eigenvalue weighted by Crippen LogP contribution is -2.59. The van der Waals surface area contributed by atoms with E-state index in [0.29, 0.717) is 16.6 Å².